The molecule has 0 aromatic heterocycles. The van der Waals surface area contributed by atoms with Gasteiger partial charge < -0.3 is 9.80 Å². The zero-order valence-corrected chi connectivity index (χ0v) is 14.3. The summed E-state index contributed by atoms with van der Waals surface area (Å²) in [6.45, 7) is 4.27. The fraction of sp³-hybridized carbons (Fsp3) is 0.500. The van der Waals surface area contributed by atoms with Gasteiger partial charge in [0.25, 0.3) is 5.91 Å². The van der Waals surface area contributed by atoms with Gasteiger partial charge in [-0.05, 0) is 41.0 Å². The Morgan fingerprint density at radius 1 is 1.25 bits per heavy atom. The van der Waals surface area contributed by atoms with Crippen molar-refractivity contribution in [1.82, 2.24) is 9.80 Å². The molecular weight excluding hydrogens is 391 g/mol. The summed E-state index contributed by atoms with van der Waals surface area (Å²) in [7, 11) is 0. The van der Waals surface area contributed by atoms with Gasteiger partial charge in [0.1, 0.15) is 5.82 Å². The molecule has 1 saturated heterocycles. The highest BCUT2D eigenvalue weighted by Gasteiger charge is 2.22. The minimum Gasteiger partial charge on any atom is -0.337 e. The summed E-state index contributed by atoms with van der Waals surface area (Å²) < 4.78 is 13.8. The van der Waals surface area contributed by atoms with Crippen molar-refractivity contribution in [3.63, 3.8) is 0 Å². The third-order valence-electron chi connectivity index (χ3n) is 3.46. The molecule has 0 unspecified atom stereocenters. The first-order valence-electron chi connectivity index (χ1n) is 6.65. The second-order valence-electron chi connectivity index (χ2n) is 4.78. The lowest BCUT2D eigenvalue weighted by atomic mass is 10.2. The Balaban J connectivity index is 2.07. The molecule has 0 radical (unpaired) electrons. The van der Waals surface area contributed by atoms with Gasteiger partial charge in [-0.25, -0.2) is 4.39 Å². The molecule has 1 amide bonds. The van der Waals surface area contributed by atoms with Crippen LogP contribution in [0.2, 0.25) is 0 Å². The van der Waals surface area contributed by atoms with Gasteiger partial charge in [-0.3, -0.25) is 4.79 Å². The van der Waals surface area contributed by atoms with Crippen molar-refractivity contribution >= 4 is 37.8 Å². The summed E-state index contributed by atoms with van der Waals surface area (Å²) in [6.07, 6.45) is 0.950. The maximum atomic E-state index is 13.5. The van der Waals surface area contributed by atoms with Crippen LogP contribution in [0.4, 0.5) is 4.39 Å². The van der Waals surface area contributed by atoms with E-state index in [1.54, 1.807) is 12.1 Å². The molecule has 1 heterocycles. The standard InChI is InChI=1S/C14H17Br2FN2O/c15-5-8-18-6-2-7-19(10-9-18)14(20)11-3-1-4-12(17)13(11)16/h1,3-4H,2,5-10H2. The van der Waals surface area contributed by atoms with E-state index in [4.69, 9.17) is 0 Å². The highest BCUT2D eigenvalue weighted by molar-refractivity contribution is 9.10. The smallest absolute Gasteiger partial charge is 0.255 e. The minimum absolute atomic E-state index is 0.0999. The van der Waals surface area contributed by atoms with E-state index in [-0.39, 0.29) is 10.4 Å². The van der Waals surface area contributed by atoms with Crippen LogP contribution in [0, 0.1) is 5.82 Å². The van der Waals surface area contributed by atoms with E-state index >= 15 is 0 Å². The lowest BCUT2D eigenvalue weighted by Crippen LogP contribution is -2.35. The van der Waals surface area contributed by atoms with E-state index in [1.807, 2.05) is 4.90 Å². The Morgan fingerprint density at radius 3 is 2.80 bits per heavy atom. The molecule has 0 saturated carbocycles. The molecule has 0 N–H and O–H groups in total. The maximum absolute atomic E-state index is 13.5. The number of nitrogens with zero attached hydrogens (tertiary/aromatic N) is 2. The highest BCUT2D eigenvalue weighted by Crippen LogP contribution is 2.22. The first kappa shape index (κ1) is 15.9. The second-order valence-corrected chi connectivity index (χ2v) is 6.36. The molecule has 0 atom stereocenters. The lowest BCUT2D eigenvalue weighted by Gasteiger charge is -2.22. The summed E-state index contributed by atoms with van der Waals surface area (Å²) in [5.74, 6) is -0.497. The van der Waals surface area contributed by atoms with Crippen molar-refractivity contribution < 1.29 is 9.18 Å². The summed E-state index contributed by atoms with van der Waals surface area (Å²) in [6, 6.07) is 4.58. The third kappa shape index (κ3) is 3.80. The number of hydrogen-bond acceptors (Lipinski definition) is 2. The summed E-state index contributed by atoms with van der Waals surface area (Å²) in [5, 5.41) is 0.941. The lowest BCUT2D eigenvalue weighted by molar-refractivity contribution is 0.0760. The molecule has 1 aromatic carbocycles. The van der Waals surface area contributed by atoms with Gasteiger partial charge in [0.05, 0.1) is 10.0 Å². The Labute approximate surface area is 135 Å². The number of halogens is 3. The Kier molecular flexibility index (Phi) is 5.99. The molecule has 1 aliphatic rings. The first-order valence-corrected chi connectivity index (χ1v) is 8.56. The van der Waals surface area contributed by atoms with E-state index < -0.39 is 5.82 Å². The third-order valence-corrected chi connectivity index (χ3v) is 4.62. The van der Waals surface area contributed by atoms with Gasteiger partial charge >= 0.3 is 0 Å². The molecule has 1 fully saturated rings. The number of carbonyl (C=O) groups excluding carboxylic acids is 1. The Hall–Kier alpha value is -0.460. The van der Waals surface area contributed by atoms with Crippen molar-refractivity contribution in [3.05, 3.63) is 34.1 Å². The van der Waals surface area contributed by atoms with Crippen LogP contribution in [-0.4, -0.2) is 53.8 Å². The van der Waals surface area contributed by atoms with Crippen molar-refractivity contribution in [2.24, 2.45) is 0 Å². The van der Waals surface area contributed by atoms with Crippen LogP contribution in [0.3, 0.4) is 0 Å². The minimum atomic E-state index is -0.397. The average molecular weight is 408 g/mol. The molecule has 6 heteroatoms. The quantitative estimate of drug-likeness (QED) is 0.718. The number of rotatable bonds is 3. The number of alkyl halides is 1. The monoisotopic (exact) mass is 406 g/mol. The fourth-order valence-electron chi connectivity index (χ4n) is 2.36. The number of hydrogen-bond donors (Lipinski definition) is 0. The van der Waals surface area contributed by atoms with Crippen molar-refractivity contribution in [1.29, 1.82) is 0 Å². The summed E-state index contributed by atoms with van der Waals surface area (Å²) >= 11 is 6.60. The largest absolute Gasteiger partial charge is 0.337 e. The predicted octanol–water partition coefficient (Wildman–Crippen LogP) is 3.13. The van der Waals surface area contributed by atoms with Gasteiger partial charge in [0.15, 0.2) is 0 Å². The van der Waals surface area contributed by atoms with Crippen LogP contribution < -0.4 is 0 Å². The van der Waals surface area contributed by atoms with E-state index in [1.165, 1.54) is 6.07 Å². The van der Waals surface area contributed by atoms with Crippen LogP contribution in [0.5, 0.6) is 0 Å². The van der Waals surface area contributed by atoms with Gasteiger partial charge in [-0.1, -0.05) is 22.0 Å². The van der Waals surface area contributed by atoms with E-state index in [2.05, 4.69) is 36.8 Å². The van der Waals surface area contributed by atoms with E-state index in [9.17, 15) is 9.18 Å². The normalized spacial score (nSPS) is 17.1. The Bertz CT molecular complexity index is 484. The number of amides is 1. The zero-order valence-electron chi connectivity index (χ0n) is 11.1. The molecule has 0 spiro atoms. The van der Waals surface area contributed by atoms with Gasteiger partial charge in [0, 0.05) is 31.5 Å². The molecule has 20 heavy (non-hydrogen) atoms. The number of carbonyl (C=O) groups is 1. The summed E-state index contributed by atoms with van der Waals surface area (Å²) in [5.41, 5.74) is 0.402. The molecule has 2 rings (SSSR count). The Morgan fingerprint density at radius 2 is 2.05 bits per heavy atom. The zero-order chi connectivity index (χ0) is 14.5. The van der Waals surface area contributed by atoms with Crippen molar-refractivity contribution in [2.75, 3.05) is 38.1 Å². The van der Waals surface area contributed by atoms with Crippen LogP contribution >= 0.6 is 31.9 Å². The molecule has 1 aromatic rings. The topological polar surface area (TPSA) is 23.6 Å². The molecule has 1 aliphatic heterocycles. The van der Waals surface area contributed by atoms with Gasteiger partial charge in [0.2, 0.25) is 0 Å². The molecule has 0 bridgehead atoms. The molecule has 0 aliphatic carbocycles. The second kappa shape index (κ2) is 7.52. The summed E-state index contributed by atoms with van der Waals surface area (Å²) in [4.78, 5) is 16.6. The maximum Gasteiger partial charge on any atom is 0.255 e. The molecule has 110 valence electrons. The van der Waals surface area contributed by atoms with Crippen LogP contribution in [-0.2, 0) is 0 Å². The van der Waals surface area contributed by atoms with Crippen LogP contribution in [0.25, 0.3) is 0 Å². The average Bonchev–Trinajstić information content (AvgIpc) is 2.67. The van der Waals surface area contributed by atoms with Gasteiger partial charge in [-0.15, -0.1) is 0 Å². The van der Waals surface area contributed by atoms with E-state index in [0.717, 1.165) is 37.9 Å². The van der Waals surface area contributed by atoms with Gasteiger partial charge in [-0.2, -0.15) is 0 Å². The SMILES string of the molecule is O=C(c1cccc(F)c1Br)N1CCCN(CCBr)CC1. The predicted molar refractivity (Wildman–Crippen MR) is 84.9 cm³/mol. The van der Waals surface area contributed by atoms with Crippen LogP contribution in [0.15, 0.2) is 22.7 Å². The fourth-order valence-corrected chi connectivity index (χ4v) is 3.29. The molecule has 3 nitrogen and oxygen atoms in total. The van der Waals surface area contributed by atoms with E-state index in [0.29, 0.717) is 12.1 Å². The van der Waals surface area contributed by atoms with Crippen molar-refractivity contribution in [3.8, 4) is 0 Å². The highest BCUT2D eigenvalue weighted by atomic mass is 79.9. The number of benzene rings is 1. The molecular formula is C14H17Br2FN2O. The first-order chi connectivity index (χ1) is 9.63. The van der Waals surface area contributed by atoms with Crippen molar-refractivity contribution in [2.45, 2.75) is 6.42 Å². The van der Waals surface area contributed by atoms with Crippen LogP contribution in [0.1, 0.15) is 16.8 Å².